The fourth-order valence-electron chi connectivity index (χ4n) is 2.53. The van der Waals surface area contributed by atoms with Crippen molar-refractivity contribution >= 4 is 0 Å². The van der Waals surface area contributed by atoms with E-state index in [-0.39, 0.29) is 0 Å². The average molecular weight is 267 g/mol. The Balaban J connectivity index is 1.91. The maximum Gasteiger partial charge on any atom is -0.000837 e. The van der Waals surface area contributed by atoms with Crippen LogP contribution < -0.4 is 5.32 Å². The van der Waals surface area contributed by atoms with Gasteiger partial charge in [-0.05, 0) is 61.5 Å². The number of hydrogen-bond acceptors (Lipinski definition) is 1. The third kappa shape index (κ3) is 4.50. The molecule has 0 aromatic heterocycles. The molecular formula is C19H25N. The summed E-state index contributed by atoms with van der Waals surface area (Å²) < 4.78 is 0. The topological polar surface area (TPSA) is 12.0 Å². The smallest absolute Gasteiger partial charge is 0.000837 e. The first-order valence-corrected chi connectivity index (χ1v) is 7.62. The Hall–Kier alpha value is -1.60. The number of aryl methyl sites for hydroxylation is 3. The van der Waals surface area contributed by atoms with Crippen LogP contribution in [0.3, 0.4) is 0 Å². The summed E-state index contributed by atoms with van der Waals surface area (Å²) in [5.74, 6) is 0. The predicted octanol–water partition coefficient (Wildman–Crippen LogP) is 3.93. The molecule has 1 heteroatoms. The summed E-state index contributed by atoms with van der Waals surface area (Å²) in [6.45, 7) is 6.50. The maximum atomic E-state index is 3.39. The molecular weight excluding hydrogens is 242 g/mol. The predicted molar refractivity (Wildman–Crippen MR) is 87.3 cm³/mol. The summed E-state index contributed by atoms with van der Waals surface area (Å²) in [5.41, 5.74) is 5.75. The molecule has 106 valence electrons. The Labute approximate surface area is 123 Å². The number of nitrogens with one attached hydrogen (secondary N) is 1. The lowest BCUT2D eigenvalue weighted by Gasteiger charge is -2.09. The number of likely N-dealkylation sites (N-methyl/N-ethyl adjacent to an activating group) is 1. The zero-order valence-electron chi connectivity index (χ0n) is 12.7. The van der Waals surface area contributed by atoms with Crippen molar-refractivity contribution in [2.24, 2.45) is 0 Å². The highest BCUT2D eigenvalue weighted by Gasteiger charge is 2.01. The third-order valence-corrected chi connectivity index (χ3v) is 3.77. The van der Waals surface area contributed by atoms with Gasteiger partial charge in [-0.3, -0.25) is 0 Å². The van der Waals surface area contributed by atoms with Crippen molar-refractivity contribution in [3.63, 3.8) is 0 Å². The summed E-state index contributed by atoms with van der Waals surface area (Å²) >= 11 is 0. The van der Waals surface area contributed by atoms with Crippen LogP contribution in [0.5, 0.6) is 0 Å². The van der Waals surface area contributed by atoms with Gasteiger partial charge in [-0.1, -0.05) is 55.5 Å². The fourth-order valence-corrected chi connectivity index (χ4v) is 2.53. The fraction of sp³-hybridized carbons (Fsp3) is 0.368. The van der Waals surface area contributed by atoms with Crippen molar-refractivity contribution in [1.82, 2.24) is 5.32 Å². The van der Waals surface area contributed by atoms with Crippen LogP contribution in [0.4, 0.5) is 0 Å². The molecule has 0 saturated heterocycles. The van der Waals surface area contributed by atoms with E-state index in [1.165, 1.54) is 22.3 Å². The van der Waals surface area contributed by atoms with Gasteiger partial charge in [0, 0.05) is 0 Å². The molecule has 0 aliphatic heterocycles. The van der Waals surface area contributed by atoms with E-state index in [2.05, 4.69) is 67.7 Å². The molecule has 0 saturated carbocycles. The summed E-state index contributed by atoms with van der Waals surface area (Å²) in [6.07, 6.45) is 3.37. The van der Waals surface area contributed by atoms with Gasteiger partial charge in [-0.15, -0.1) is 0 Å². The Morgan fingerprint density at radius 2 is 1.60 bits per heavy atom. The minimum absolute atomic E-state index is 1.05. The molecule has 0 radical (unpaired) electrons. The lowest BCUT2D eigenvalue weighted by atomic mass is 9.98. The van der Waals surface area contributed by atoms with Crippen molar-refractivity contribution in [3.8, 4) is 0 Å². The molecule has 0 heterocycles. The average Bonchev–Trinajstić information content (AvgIpc) is 2.48. The van der Waals surface area contributed by atoms with Crippen LogP contribution in [-0.2, 0) is 19.3 Å². The van der Waals surface area contributed by atoms with E-state index < -0.39 is 0 Å². The second kappa shape index (κ2) is 7.86. The molecule has 2 aromatic rings. The maximum absolute atomic E-state index is 3.39. The minimum Gasteiger partial charge on any atom is -0.317 e. The molecule has 0 aliphatic rings. The van der Waals surface area contributed by atoms with Gasteiger partial charge in [0.15, 0.2) is 0 Å². The molecule has 0 atom stereocenters. The van der Waals surface area contributed by atoms with Crippen LogP contribution in [-0.4, -0.2) is 13.1 Å². The summed E-state index contributed by atoms with van der Waals surface area (Å²) in [5, 5.41) is 3.39. The van der Waals surface area contributed by atoms with Crippen molar-refractivity contribution in [2.45, 2.75) is 33.1 Å². The summed E-state index contributed by atoms with van der Waals surface area (Å²) in [6, 6.07) is 17.7. The molecule has 0 unspecified atom stereocenters. The lowest BCUT2D eigenvalue weighted by Crippen LogP contribution is -2.16. The van der Waals surface area contributed by atoms with Crippen molar-refractivity contribution in [3.05, 3.63) is 70.8 Å². The number of benzene rings is 2. The van der Waals surface area contributed by atoms with E-state index in [0.717, 1.165) is 32.4 Å². The monoisotopic (exact) mass is 267 g/mol. The molecule has 2 rings (SSSR count). The molecule has 0 bridgehead atoms. The largest absolute Gasteiger partial charge is 0.317 e. The highest BCUT2D eigenvalue weighted by Crippen LogP contribution is 2.14. The lowest BCUT2D eigenvalue weighted by molar-refractivity contribution is 0.714. The molecule has 0 spiro atoms. The number of hydrogen-bond donors (Lipinski definition) is 1. The van der Waals surface area contributed by atoms with Crippen LogP contribution in [0.2, 0.25) is 0 Å². The Morgan fingerprint density at radius 3 is 2.30 bits per heavy atom. The van der Waals surface area contributed by atoms with Gasteiger partial charge in [0.1, 0.15) is 0 Å². The minimum atomic E-state index is 1.05. The van der Waals surface area contributed by atoms with Gasteiger partial charge in [-0.2, -0.15) is 0 Å². The zero-order valence-corrected chi connectivity index (χ0v) is 12.7. The van der Waals surface area contributed by atoms with Gasteiger partial charge in [0.25, 0.3) is 0 Å². The molecule has 1 nitrogen and oxygen atoms in total. The van der Waals surface area contributed by atoms with Crippen molar-refractivity contribution in [2.75, 3.05) is 13.1 Å². The Bertz CT molecular complexity index is 517. The molecule has 2 aromatic carbocycles. The first-order valence-electron chi connectivity index (χ1n) is 7.62. The van der Waals surface area contributed by atoms with Crippen molar-refractivity contribution in [1.29, 1.82) is 0 Å². The van der Waals surface area contributed by atoms with Gasteiger partial charge in [0.05, 0.1) is 0 Å². The first-order chi connectivity index (χ1) is 9.79. The quantitative estimate of drug-likeness (QED) is 0.749. The van der Waals surface area contributed by atoms with Crippen LogP contribution in [0.15, 0.2) is 48.5 Å². The molecule has 20 heavy (non-hydrogen) atoms. The van der Waals surface area contributed by atoms with Gasteiger partial charge in [0.2, 0.25) is 0 Å². The van der Waals surface area contributed by atoms with Gasteiger partial charge in [-0.25, -0.2) is 0 Å². The highest BCUT2D eigenvalue weighted by atomic mass is 14.8. The van der Waals surface area contributed by atoms with E-state index in [1.807, 2.05) is 0 Å². The standard InChI is InChI=1S/C19H25N/c1-3-20-14-13-19-12-11-18(15-16(19)2)10-9-17-7-5-4-6-8-17/h4-8,11-12,15,20H,3,9-10,13-14H2,1-2H3. The Morgan fingerprint density at radius 1 is 0.850 bits per heavy atom. The van der Waals surface area contributed by atoms with E-state index in [1.54, 1.807) is 0 Å². The van der Waals surface area contributed by atoms with Crippen LogP contribution in [0.25, 0.3) is 0 Å². The molecule has 1 N–H and O–H groups in total. The Kier molecular flexibility index (Phi) is 5.82. The van der Waals surface area contributed by atoms with Gasteiger partial charge >= 0.3 is 0 Å². The molecule has 0 aliphatic carbocycles. The first kappa shape index (κ1) is 14.8. The van der Waals surface area contributed by atoms with Gasteiger partial charge < -0.3 is 5.32 Å². The van der Waals surface area contributed by atoms with E-state index in [9.17, 15) is 0 Å². The third-order valence-electron chi connectivity index (χ3n) is 3.77. The SMILES string of the molecule is CCNCCc1ccc(CCc2ccccc2)cc1C. The summed E-state index contributed by atoms with van der Waals surface area (Å²) in [4.78, 5) is 0. The second-order valence-electron chi connectivity index (χ2n) is 5.35. The highest BCUT2D eigenvalue weighted by molar-refractivity contribution is 5.32. The van der Waals surface area contributed by atoms with E-state index in [4.69, 9.17) is 0 Å². The molecule has 0 amide bonds. The van der Waals surface area contributed by atoms with Crippen LogP contribution in [0.1, 0.15) is 29.2 Å². The second-order valence-corrected chi connectivity index (χ2v) is 5.35. The normalized spacial score (nSPS) is 10.7. The van der Waals surface area contributed by atoms with Crippen molar-refractivity contribution < 1.29 is 0 Å². The molecule has 0 fully saturated rings. The number of rotatable bonds is 7. The zero-order chi connectivity index (χ0) is 14.2. The summed E-state index contributed by atoms with van der Waals surface area (Å²) in [7, 11) is 0. The van der Waals surface area contributed by atoms with Crippen LogP contribution >= 0.6 is 0 Å². The van der Waals surface area contributed by atoms with E-state index >= 15 is 0 Å². The van der Waals surface area contributed by atoms with Crippen LogP contribution in [0, 0.1) is 6.92 Å². The van der Waals surface area contributed by atoms with E-state index in [0.29, 0.717) is 0 Å².